The normalized spacial score (nSPS) is 19.1. The molecule has 0 bridgehead atoms. The molecular formula is C13H16FNOS. The largest absolute Gasteiger partial charge is 0.369 e. The van der Waals surface area contributed by atoms with E-state index in [-0.39, 0.29) is 10.6 Å². The van der Waals surface area contributed by atoms with Crippen molar-refractivity contribution in [2.75, 3.05) is 23.7 Å². The van der Waals surface area contributed by atoms with Gasteiger partial charge in [0, 0.05) is 34.8 Å². The molecule has 0 radical (unpaired) electrons. The second-order valence-electron chi connectivity index (χ2n) is 4.85. The van der Waals surface area contributed by atoms with Crippen LogP contribution in [0.3, 0.4) is 0 Å². The zero-order chi connectivity index (χ0) is 12.5. The van der Waals surface area contributed by atoms with Crippen LogP contribution in [0.5, 0.6) is 0 Å². The molecule has 1 saturated heterocycles. The predicted molar refractivity (Wildman–Crippen MR) is 70.5 cm³/mol. The Hall–Kier alpha value is -1.03. The van der Waals surface area contributed by atoms with Crippen molar-refractivity contribution in [1.82, 2.24) is 0 Å². The van der Waals surface area contributed by atoms with Gasteiger partial charge in [0.05, 0.1) is 0 Å². The quantitative estimate of drug-likeness (QED) is 0.756. The van der Waals surface area contributed by atoms with Crippen LogP contribution in [0.25, 0.3) is 0 Å². The molecule has 0 N–H and O–H groups in total. The Morgan fingerprint density at radius 1 is 1.47 bits per heavy atom. The number of carbonyl (C=O) groups excluding carboxylic acids is 1. The number of benzene rings is 1. The van der Waals surface area contributed by atoms with E-state index in [2.05, 4.69) is 18.7 Å². The Balaban J connectivity index is 2.30. The van der Waals surface area contributed by atoms with E-state index in [0.29, 0.717) is 5.56 Å². The predicted octanol–water partition coefficient (Wildman–Crippen LogP) is 2.97. The molecule has 0 atom stereocenters. The molecule has 1 fully saturated rings. The minimum atomic E-state index is -0.360. The lowest BCUT2D eigenvalue weighted by atomic mass is 10.1. The van der Waals surface area contributed by atoms with Crippen LogP contribution in [0.1, 0.15) is 24.2 Å². The highest BCUT2D eigenvalue weighted by atomic mass is 32.2. The van der Waals surface area contributed by atoms with Gasteiger partial charge in [0.25, 0.3) is 0 Å². The van der Waals surface area contributed by atoms with E-state index < -0.39 is 0 Å². The van der Waals surface area contributed by atoms with Crippen molar-refractivity contribution in [2.45, 2.75) is 18.6 Å². The first-order valence-electron chi connectivity index (χ1n) is 5.65. The van der Waals surface area contributed by atoms with Gasteiger partial charge in [-0.2, -0.15) is 11.8 Å². The number of aldehydes is 1. The van der Waals surface area contributed by atoms with Gasteiger partial charge in [0.2, 0.25) is 0 Å². The SMILES string of the molecule is CC1(C)CN(c2ccc(F)cc2C=O)CCS1. The van der Waals surface area contributed by atoms with Crippen LogP contribution < -0.4 is 4.90 Å². The molecule has 2 nitrogen and oxygen atoms in total. The molecule has 1 aromatic carbocycles. The first-order chi connectivity index (χ1) is 8.02. The molecule has 0 saturated carbocycles. The maximum Gasteiger partial charge on any atom is 0.152 e. The lowest BCUT2D eigenvalue weighted by Gasteiger charge is -2.39. The van der Waals surface area contributed by atoms with Gasteiger partial charge in [0.1, 0.15) is 5.82 Å². The number of thioether (sulfide) groups is 1. The summed E-state index contributed by atoms with van der Waals surface area (Å²) in [6.45, 7) is 6.16. The van der Waals surface area contributed by atoms with E-state index in [4.69, 9.17) is 0 Å². The minimum absolute atomic E-state index is 0.173. The summed E-state index contributed by atoms with van der Waals surface area (Å²) in [5, 5.41) is 0. The summed E-state index contributed by atoms with van der Waals surface area (Å²) >= 11 is 1.93. The van der Waals surface area contributed by atoms with E-state index in [9.17, 15) is 9.18 Å². The molecule has 0 unspecified atom stereocenters. The van der Waals surface area contributed by atoms with Gasteiger partial charge in [0.15, 0.2) is 6.29 Å². The average molecular weight is 253 g/mol. The first kappa shape index (κ1) is 12.4. The van der Waals surface area contributed by atoms with Crippen molar-refractivity contribution in [3.63, 3.8) is 0 Å². The van der Waals surface area contributed by atoms with Crippen LogP contribution in [0.15, 0.2) is 18.2 Å². The average Bonchev–Trinajstić information content (AvgIpc) is 2.27. The topological polar surface area (TPSA) is 20.3 Å². The standard InChI is InChI=1S/C13H16FNOS/c1-13(2)9-15(5-6-17-13)12-4-3-11(14)7-10(12)8-16/h3-4,7-8H,5-6,9H2,1-2H3. The van der Waals surface area contributed by atoms with Crippen LogP contribution in [0.4, 0.5) is 10.1 Å². The number of anilines is 1. The molecule has 1 aliphatic heterocycles. The maximum absolute atomic E-state index is 13.1. The number of nitrogens with zero attached hydrogens (tertiary/aromatic N) is 1. The van der Waals surface area contributed by atoms with Crippen molar-refractivity contribution in [2.24, 2.45) is 0 Å². The van der Waals surface area contributed by atoms with Crippen LogP contribution in [-0.2, 0) is 0 Å². The Morgan fingerprint density at radius 3 is 2.88 bits per heavy atom. The summed E-state index contributed by atoms with van der Waals surface area (Å²) in [5.41, 5.74) is 1.28. The highest BCUT2D eigenvalue weighted by Crippen LogP contribution is 2.33. The van der Waals surface area contributed by atoms with Crippen molar-refractivity contribution in [1.29, 1.82) is 0 Å². The molecule has 1 aliphatic rings. The molecule has 0 aliphatic carbocycles. The van der Waals surface area contributed by atoms with Crippen molar-refractivity contribution in [3.8, 4) is 0 Å². The van der Waals surface area contributed by atoms with Gasteiger partial charge in [-0.05, 0) is 32.0 Å². The Kier molecular flexibility index (Phi) is 3.43. The van der Waals surface area contributed by atoms with Gasteiger partial charge in [-0.15, -0.1) is 0 Å². The van der Waals surface area contributed by atoms with Crippen molar-refractivity contribution >= 4 is 23.7 Å². The zero-order valence-corrected chi connectivity index (χ0v) is 10.9. The number of hydrogen-bond acceptors (Lipinski definition) is 3. The fraction of sp³-hybridized carbons (Fsp3) is 0.462. The van der Waals surface area contributed by atoms with E-state index in [1.54, 1.807) is 6.07 Å². The minimum Gasteiger partial charge on any atom is -0.369 e. The molecule has 0 spiro atoms. The second kappa shape index (κ2) is 4.69. The highest BCUT2D eigenvalue weighted by Gasteiger charge is 2.28. The number of hydrogen-bond donors (Lipinski definition) is 0. The van der Waals surface area contributed by atoms with Gasteiger partial charge in [-0.3, -0.25) is 4.79 Å². The van der Waals surface area contributed by atoms with E-state index in [0.717, 1.165) is 30.8 Å². The van der Waals surface area contributed by atoms with E-state index in [1.807, 2.05) is 11.8 Å². The van der Waals surface area contributed by atoms with E-state index >= 15 is 0 Å². The van der Waals surface area contributed by atoms with E-state index in [1.165, 1.54) is 12.1 Å². The zero-order valence-electron chi connectivity index (χ0n) is 10.1. The lowest BCUT2D eigenvalue weighted by Crippen LogP contribution is -2.43. The van der Waals surface area contributed by atoms with Crippen molar-refractivity contribution < 1.29 is 9.18 Å². The third kappa shape index (κ3) is 2.80. The van der Waals surface area contributed by atoms with Gasteiger partial charge in [-0.25, -0.2) is 4.39 Å². The molecule has 1 heterocycles. The smallest absolute Gasteiger partial charge is 0.152 e. The first-order valence-corrected chi connectivity index (χ1v) is 6.64. The Labute approximate surface area is 105 Å². The molecule has 0 amide bonds. The van der Waals surface area contributed by atoms with Crippen LogP contribution >= 0.6 is 11.8 Å². The fourth-order valence-electron chi connectivity index (χ4n) is 2.13. The third-order valence-electron chi connectivity index (χ3n) is 2.88. The lowest BCUT2D eigenvalue weighted by molar-refractivity contribution is 0.112. The summed E-state index contributed by atoms with van der Waals surface area (Å²) in [6, 6.07) is 4.42. The molecule has 2 rings (SSSR count). The number of rotatable bonds is 2. The molecule has 0 aromatic heterocycles. The number of carbonyl (C=O) groups is 1. The van der Waals surface area contributed by atoms with Crippen LogP contribution in [-0.4, -0.2) is 29.9 Å². The highest BCUT2D eigenvalue weighted by molar-refractivity contribution is 8.00. The second-order valence-corrected chi connectivity index (χ2v) is 6.65. The van der Waals surface area contributed by atoms with Gasteiger partial charge >= 0.3 is 0 Å². The molecule has 92 valence electrons. The fourth-order valence-corrected chi connectivity index (χ4v) is 3.24. The van der Waals surface area contributed by atoms with Gasteiger partial charge < -0.3 is 4.90 Å². The summed E-state index contributed by atoms with van der Waals surface area (Å²) in [6.07, 6.45) is 0.729. The maximum atomic E-state index is 13.1. The Bertz CT molecular complexity index is 433. The third-order valence-corrected chi connectivity index (χ3v) is 4.18. The summed E-state index contributed by atoms with van der Waals surface area (Å²) < 4.78 is 13.2. The molecule has 17 heavy (non-hydrogen) atoms. The summed E-state index contributed by atoms with van der Waals surface area (Å²) in [7, 11) is 0. The molecular weight excluding hydrogens is 237 g/mol. The van der Waals surface area contributed by atoms with Crippen LogP contribution in [0.2, 0.25) is 0 Å². The Morgan fingerprint density at radius 2 is 2.24 bits per heavy atom. The molecule has 1 aromatic rings. The summed E-state index contributed by atoms with van der Waals surface area (Å²) in [4.78, 5) is 13.2. The van der Waals surface area contributed by atoms with Crippen LogP contribution in [0, 0.1) is 5.82 Å². The summed E-state index contributed by atoms with van der Waals surface area (Å²) in [5.74, 6) is 0.671. The monoisotopic (exact) mass is 253 g/mol. The number of halogens is 1. The molecule has 4 heteroatoms. The van der Waals surface area contributed by atoms with Crippen molar-refractivity contribution in [3.05, 3.63) is 29.6 Å². The van der Waals surface area contributed by atoms with Gasteiger partial charge in [-0.1, -0.05) is 0 Å².